The third-order valence-electron chi connectivity index (χ3n) is 2.38. The van der Waals surface area contributed by atoms with Crippen molar-refractivity contribution < 1.29 is 14.1 Å². The molecule has 0 aliphatic rings. The molecule has 2 rings (SSSR count). The maximum absolute atomic E-state index is 11.7. The molecular formula is C12H8BrN3O4S. The molecule has 0 bridgehead atoms. The molecule has 0 fully saturated rings. The highest BCUT2D eigenvalue weighted by Gasteiger charge is 2.13. The summed E-state index contributed by atoms with van der Waals surface area (Å²) < 4.78 is 5.38. The number of nitrogens with zero attached hydrogens (tertiary/aromatic N) is 1. The van der Waals surface area contributed by atoms with Crippen molar-refractivity contribution in [1.82, 2.24) is 5.32 Å². The van der Waals surface area contributed by atoms with Crippen LogP contribution in [0.5, 0.6) is 0 Å². The Hall–Kier alpha value is -2.26. The van der Waals surface area contributed by atoms with Crippen LogP contribution in [0, 0.1) is 10.1 Å². The highest BCUT2D eigenvalue weighted by atomic mass is 79.9. The number of nitro benzene ring substituents is 1. The van der Waals surface area contributed by atoms with Gasteiger partial charge in [0.2, 0.25) is 0 Å². The van der Waals surface area contributed by atoms with Gasteiger partial charge in [-0.3, -0.25) is 20.2 Å². The van der Waals surface area contributed by atoms with Crippen molar-refractivity contribution in [3.8, 4) is 0 Å². The van der Waals surface area contributed by atoms with Crippen molar-refractivity contribution in [2.24, 2.45) is 0 Å². The number of halogens is 1. The number of nitro groups is 1. The van der Waals surface area contributed by atoms with Crippen molar-refractivity contribution >= 4 is 50.5 Å². The van der Waals surface area contributed by atoms with E-state index in [9.17, 15) is 14.9 Å². The zero-order valence-electron chi connectivity index (χ0n) is 10.3. The quantitative estimate of drug-likeness (QED) is 0.490. The maximum atomic E-state index is 11.7. The Bertz CT molecular complexity index is 703. The van der Waals surface area contributed by atoms with Crippen LogP contribution in [0.4, 0.5) is 11.4 Å². The number of anilines is 1. The number of rotatable bonds is 3. The second kappa shape index (κ2) is 6.46. The molecule has 1 amide bonds. The summed E-state index contributed by atoms with van der Waals surface area (Å²) in [7, 11) is 0. The lowest BCUT2D eigenvalue weighted by Crippen LogP contribution is -2.33. The van der Waals surface area contributed by atoms with E-state index in [1.807, 2.05) is 0 Å². The Morgan fingerprint density at radius 1 is 1.38 bits per heavy atom. The zero-order valence-corrected chi connectivity index (χ0v) is 12.7. The van der Waals surface area contributed by atoms with Gasteiger partial charge in [0.1, 0.15) is 0 Å². The van der Waals surface area contributed by atoms with Crippen LogP contribution >= 0.6 is 28.1 Å². The number of carbonyl (C=O) groups excluding carboxylic acids is 1. The van der Waals surface area contributed by atoms with E-state index in [0.717, 1.165) is 0 Å². The summed E-state index contributed by atoms with van der Waals surface area (Å²) in [5.41, 5.74) is 0.434. The molecular weight excluding hydrogens is 362 g/mol. The Morgan fingerprint density at radius 3 is 2.71 bits per heavy atom. The second-order valence-corrected chi connectivity index (χ2v) is 5.07. The van der Waals surface area contributed by atoms with Crippen LogP contribution in [-0.2, 0) is 0 Å². The van der Waals surface area contributed by atoms with Gasteiger partial charge in [0.05, 0.1) is 16.9 Å². The first-order chi connectivity index (χ1) is 9.97. The summed E-state index contributed by atoms with van der Waals surface area (Å²) in [6.45, 7) is 0. The molecule has 0 saturated carbocycles. The first kappa shape index (κ1) is 15.1. The van der Waals surface area contributed by atoms with E-state index in [1.54, 1.807) is 6.07 Å². The van der Waals surface area contributed by atoms with Crippen LogP contribution in [0.1, 0.15) is 10.6 Å². The van der Waals surface area contributed by atoms with Crippen molar-refractivity contribution in [3.63, 3.8) is 0 Å². The molecule has 1 aromatic carbocycles. The van der Waals surface area contributed by atoms with Crippen LogP contribution in [0.2, 0.25) is 0 Å². The number of amides is 1. The predicted molar refractivity (Wildman–Crippen MR) is 83.2 cm³/mol. The summed E-state index contributed by atoms with van der Waals surface area (Å²) in [4.78, 5) is 21.8. The maximum Gasteiger partial charge on any atom is 0.293 e. The molecule has 9 heteroatoms. The standard InChI is InChI=1S/C12H8BrN3O4S/c13-8-6-7(16(18)19)3-4-9(8)14-12(21)15-11(17)10-2-1-5-20-10/h1-6H,(H2,14,15,17,21). The molecule has 0 saturated heterocycles. The number of hydrogen-bond donors (Lipinski definition) is 2. The van der Waals surface area contributed by atoms with Gasteiger partial charge in [0.15, 0.2) is 10.9 Å². The molecule has 0 radical (unpaired) electrons. The Balaban J connectivity index is 2.03. The minimum absolute atomic E-state index is 0.0472. The molecule has 1 aromatic heterocycles. The summed E-state index contributed by atoms with van der Waals surface area (Å²) in [6.07, 6.45) is 1.37. The summed E-state index contributed by atoms with van der Waals surface area (Å²) in [5.74, 6) is -0.363. The highest BCUT2D eigenvalue weighted by Crippen LogP contribution is 2.26. The smallest absolute Gasteiger partial charge is 0.293 e. The topological polar surface area (TPSA) is 97.4 Å². The van der Waals surface area contributed by atoms with Gasteiger partial charge in [-0.15, -0.1) is 0 Å². The molecule has 0 atom stereocenters. The van der Waals surface area contributed by atoms with Gasteiger partial charge in [-0.05, 0) is 46.3 Å². The van der Waals surface area contributed by atoms with Crippen LogP contribution in [0.25, 0.3) is 0 Å². The lowest BCUT2D eigenvalue weighted by Gasteiger charge is -2.10. The van der Waals surface area contributed by atoms with E-state index in [4.69, 9.17) is 16.6 Å². The zero-order chi connectivity index (χ0) is 15.4. The Labute approximate surface area is 132 Å². The van der Waals surface area contributed by atoms with Crippen LogP contribution in [0.3, 0.4) is 0 Å². The van der Waals surface area contributed by atoms with Gasteiger partial charge in [-0.1, -0.05) is 0 Å². The molecule has 0 aliphatic carbocycles. The summed E-state index contributed by atoms with van der Waals surface area (Å²) in [5, 5.41) is 15.9. The van der Waals surface area contributed by atoms with Crippen molar-refractivity contribution in [2.75, 3.05) is 5.32 Å². The second-order valence-electron chi connectivity index (χ2n) is 3.81. The molecule has 0 unspecified atom stereocenters. The number of thiocarbonyl (C=S) groups is 1. The molecule has 108 valence electrons. The van der Waals surface area contributed by atoms with E-state index < -0.39 is 10.8 Å². The van der Waals surface area contributed by atoms with Gasteiger partial charge < -0.3 is 9.73 Å². The van der Waals surface area contributed by atoms with E-state index in [1.165, 1.54) is 30.5 Å². The lowest BCUT2D eigenvalue weighted by atomic mass is 10.3. The normalized spacial score (nSPS) is 9.95. The monoisotopic (exact) mass is 369 g/mol. The van der Waals surface area contributed by atoms with Gasteiger partial charge in [-0.25, -0.2) is 0 Å². The Kier molecular flexibility index (Phi) is 4.66. The highest BCUT2D eigenvalue weighted by molar-refractivity contribution is 9.10. The number of benzene rings is 1. The predicted octanol–water partition coefficient (Wildman–Crippen LogP) is 3.08. The molecule has 0 spiro atoms. The first-order valence-electron chi connectivity index (χ1n) is 5.57. The van der Waals surface area contributed by atoms with Crippen LogP contribution in [0.15, 0.2) is 45.5 Å². The fourth-order valence-corrected chi connectivity index (χ4v) is 2.11. The number of hydrogen-bond acceptors (Lipinski definition) is 5. The summed E-state index contributed by atoms with van der Waals surface area (Å²) >= 11 is 8.18. The van der Waals surface area contributed by atoms with E-state index in [2.05, 4.69) is 26.6 Å². The number of furan rings is 1. The van der Waals surface area contributed by atoms with Crippen molar-refractivity contribution in [1.29, 1.82) is 0 Å². The van der Waals surface area contributed by atoms with Crippen molar-refractivity contribution in [3.05, 3.63) is 56.9 Å². The fraction of sp³-hybridized carbons (Fsp3) is 0. The molecule has 0 aliphatic heterocycles. The Morgan fingerprint density at radius 2 is 2.14 bits per heavy atom. The van der Waals surface area contributed by atoms with E-state index >= 15 is 0 Å². The minimum Gasteiger partial charge on any atom is -0.459 e. The average Bonchev–Trinajstić information content (AvgIpc) is 2.94. The molecule has 21 heavy (non-hydrogen) atoms. The average molecular weight is 370 g/mol. The molecule has 1 heterocycles. The fourth-order valence-electron chi connectivity index (χ4n) is 1.44. The summed E-state index contributed by atoms with van der Waals surface area (Å²) in [6, 6.07) is 7.22. The minimum atomic E-state index is -0.508. The van der Waals surface area contributed by atoms with Crippen molar-refractivity contribution in [2.45, 2.75) is 0 Å². The number of non-ortho nitro benzene ring substituents is 1. The van der Waals surface area contributed by atoms with Gasteiger partial charge in [-0.2, -0.15) is 0 Å². The number of nitrogens with one attached hydrogen (secondary N) is 2. The van der Waals surface area contributed by atoms with Crippen LogP contribution < -0.4 is 10.6 Å². The third kappa shape index (κ3) is 3.86. The molecule has 7 nitrogen and oxygen atoms in total. The largest absolute Gasteiger partial charge is 0.459 e. The number of carbonyl (C=O) groups is 1. The van der Waals surface area contributed by atoms with E-state index in [-0.39, 0.29) is 16.6 Å². The van der Waals surface area contributed by atoms with Gasteiger partial charge >= 0.3 is 0 Å². The van der Waals surface area contributed by atoms with Crippen LogP contribution in [-0.4, -0.2) is 15.9 Å². The van der Waals surface area contributed by atoms with Gasteiger partial charge in [0, 0.05) is 16.6 Å². The third-order valence-corrected chi connectivity index (χ3v) is 3.24. The lowest BCUT2D eigenvalue weighted by molar-refractivity contribution is -0.384. The SMILES string of the molecule is O=C(NC(=S)Nc1ccc([N+](=O)[O-])cc1Br)c1ccco1. The molecule has 2 N–H and O–H groups in total. The van der Waals surface area contributed by atoms with Gasteiger partial charge in [0.25, 0.3) is 11.6 Å². The first-order valence-corrected chi connectivity index (χ1v) is 6.77. The molecule has 2 aromatic rings. The van der Waals surface area contributed by atoms with E-state index in [0.29, 0.717) is 10.2 Å².